The molecular formula is C21H28. The zero-order chi connectivity index (χ0) is 14.4. The highest BCUT2D eigenvalue weighted by molar-refractivity contribution is 5.38. The summed E-state index contributed by atoms with van der Waals surface area (Å²) in [6, 6.07) is 9.34. The molecule has 0 N–H and O–H groups in total. The van der Waals surface area contributed by atoms with Crippen LogP contribution in [0.15, 0.2) is 36.9 Å². The van der Waals surface area contributed by atoms with Crippen molar-refractivity contribution in [1.82, 2.24) is 0 Å². The second-order valence-electron chi connectivity index (χ2n) is 7.91. The van der Waals surface area contributed by atoms with Gasteiger partial charge in [0, 0.05) is 0 Å². The topological polar surface area (TPSA) is 0 Å². The predicted molar refractivity (Wildman–Crippen MR) is 89.4 cm³/mol. The Balaban J connectivity index is 1.83. The van der Waals surface area contributed by atoms with Crippen LogP contribution in [0.25, 0.3) is 0 Å². The van der Waals surface area contributed by atoms with Crippen LogP contribution in [0, 0.1) is 23.7 Å². The van der Waals surface area contributed by atoms with Crippen LogP contribution in [-0.2, 0) is 11.8 Å². The van der Waals surface area contributed by atoms with Crippen LogP contribution < -0.4 is 0 Å². The highest BCUT2D eigenvalue weighted by atomic mass is 14.6. The van der Waals surface area contributed by atoms with Crippen molar-refractivity contribution < 1.29 is 0 Å². The number of hydrogen-bond donors (Lipinski definition) is 0. The monoisotopic (exact) mass is 280 g/mol. The van der Waals surface area contributed by atoms with Crippen LogP contribution in [0.4, 0.5) is 0 Å². The summed E-state index contributed by atoms with van der Waals surface area (Å²) in [5.41, 5.74) is 3.79. The number of hydrogen-bond acceptors (Lipinski definition) is 0. The molecule has 5 rings (SSSR count). The summed E-state index contributed by atoms with van der Waals surface area (Å²) in [7, 11) is 0. The summed E-state index contributed by atoms with van der Waals surface area (Å²) in [4.78, 5) is 0. The van der Waals surface area contributed by atoms with Gasteiger partial charge in [-0.05, 0) is 85.2 Å². The predicted octanol–water partition coefficient (Wildman–Crippen LogP) is 5.52. The smallest absolute Gasteiger partial charge is 0.000518 e. The molecule has 21 heavy (non-hydrogen) atoms. The molecule has 0 amide bonds. The van der Waals surface area contributed by atoms with Crippen LogP contribution in [0.5, 0.6) is 0 Å². The summed E-state index contributed by atoms with van der Waals surface area (Å²) in [6.07, 6.45) is 12.0. The van der Waals surface area contributed by atoms with E-state index in [1.807, 2.05) is 0 Å². The van der Waals surface area contributed by atoms with Gasteiger partial charge in [0.15, 0.2) is 0 Å². The Hall–Kier alpha value is -1.04. The van der Waals surface area contributed by atoms with Crippen LogP contribution in [-0.4, -0.2) is 0 Å². The van der Waals surface area contributed by atoms with Crippen LogP contribution in [0.2, 0.25) is 0 Å². The standard InChI is InChI=1S/C21H28/c1-3-7-19-18-11-15-10-16(12-18)14-21(19,13-15)20-9-6-5-8-17(20)4-2/h3,5-6,8-9,15-16,18-19H,1,4,7,10-14H2,2H3. The Morgan fingerprint density at radius 2 is 1.86 bits per heavy atom. The van der Waals surface area contributed by atoms with E-state index in [0.29, 0.717) is 5.41 Å². The number of allylic oxidation sites excluding steroid dienone is 1. The van der Waals surface area contributed by atoms with Crippen molar-refractivity contribution in [3.05, 3.63) is 48.0 Å². The van der Waals surface area contributed by atoms with Crippen molar-refractivity contribution in [1.29, 1.82) is 0 Å². The van der Waals surface area contributed by atoms with E-state index in [1.54, 1.807) is 11.1 Å². The fourth-order valence-electron chi connectivity index (χ4n) is 6.48. The maximum Gasteiger partial charge on any atom is -0.000518 e. The van der Waals surface area contributed by atoms with Crippen molar-refractivity contribution in [3.63, 3.8) is 0 Å². The molecule has 0 nitrogen and oxygen atoms in total. The molecule has 4 fully saturated rings. The molecule has 0 heterocycles. The first-order valence-corrected chi connectivity index (χ1v) is 8.96. The molecule has 0 saturated heterocycles. The minimum Gasteiger partial charge on any atom is -0.103 e. The highest BCUT2D eigenvalue weighted by Gasteiger charge is 2.57. The van der Waals surface area contributed by atoms with Gasteiger partial charge in [-0.1, -0.05) is 37.3 Å². The SMILES string of the molecule is C=CCC1C2CC3CC(C2)CC1(c1ccccc1CC)C3. The van der Waals surface area contributed by atoms with Gasteiger partial charge in [-0.2, -0.15) is 0 Å². The van der Waals surface area contributed by atoms with E-state index in [9.17, 15) is 0 Å². The molecule has 1 aromatic carbocycles. The number of aryl methyl sites for hydroxylation is 1. The van der Waals surface area contributed by atoms with Gasteiger partial charge in [-0.15, -0.1) is 6.58 Å². The molecule has 1 aromatic rings. The molecule has 4 aliphatic carbocycles. The van der Waals surface area contributed by atoms with Crippen molar-refractivity contribution in [2.24, 2.45) is 23.7 Å². The molecule has 4 aliphatic rings. The zero-order valence-electron chi connectivity index (χ0n) is 13.4. The summed E-state index contributed by atoms with van der Waals surface area (Å²) in [5, 5.41) is 0. The lowest BCUT2D eigenvalue weighted by Gasteiger charge is -2.62. The molecule has 0 radical (unpaired) electrons. The number of rotatable bonds is 4. The van der Waals surface area contributed by atoms with E-state index < -0.39 is 0 Å². The molecule has 0 aliphatic heterocycles. The lowest BCUT2D eigenvalue weighted by atomic mass is 9.42. The summed E-state index contributed by atoms with van der Waals surface area (Å²) < 4.78 is 0. The molecule has 4 bridgehead atoms. The third-order valence-corrected chi connectivity index (χ3v) is 6.88. The maximum atomic E-state index is 4.08. The van der Waals surface area contributed by atoms with Crippen molar-refractivity contribution in [3.8, 4) is 0 Å². The van der Waals surface area contributed by atoms with Gasteiger partial charge in [0.25, 0.3) is 0 Å². The Kier molecular flexibility index (Phi) is 3.24. The minimum absolute atomic E-state index is 0.482. The van der Waals surface area contributed by atoms with Gasteiger partial charge in [-0.25, -0.2) is 0 Å². The van der Waals surface area contributed by atoms with Gasteiger partial charge in [0.05, 0.1) is 0 Å². The first kappa shape index (κ1) is 13.6. The molecule has 112 valence electrons. The minimum atomic E-state index is 0.482. The van der Waals surface area contributed by atoms with E-state index in [2.05, 4.69) is 43.8 Å². The van der Waals surface area contributed by atoms with Gasteiger partial charge in [0.1, 0.15) is 0 Å². The Morgan fingerprint density at radius 1 is 1.14 bits per heavy atom. The molecule has 0 spiro atoms. The maximum absolute atomic E-state index is 4.08. The van der Waals surface area contributed by atoms with Crippen LogP contribution in [0.1, 0.15) is 56.6 Å². The molecule has 0 aromatic heterocycles. The summed E-state index contributed by atoms with van der Waals surface area (Å²) in [6.45, 7) is 6.40. The molecule has 0 heteroatoms. The van der Waals surface area contributed by atoms with E-state index in [0.717, 1.165) is 23.7 Å². The Bertz CT molecular complexity index is 527. The van der Waals surface area contributed by atoms with Crippen LogP contribution in [0.3, 0.4) is 0 Å². The largest absolute Gasteiger partial charge is 0.103 e. The molecular weight excluding hydrogens is 252 g/mol. The molecule has 3 atom stereocenters. The number of benzene rings is 1. The average Bonchev–Trinajstić information content (AvgIpc) is 2.50. The molecule has 3 unspecified atom stereocenters. The van der Waals surface area contributed by atoms with E-state index in [-0.39, 0.29) is 0 Å². The van der Waals surface area contributed by atoms with Gasteiger partial charge in [0.2, 0.25) is 0 Å². The van der Waals surface area contributed by atoms with Gasteiger partial charge in [-0.3, -0.25) is 0 Å². The second-order valence-corrected chi connectivity index (χ2v) is 7.91. The zero-order valence-corrected chi connectivity index (χ0v) is 13.4. The Labute approximate surface area is 129 Å². The normalized spacial score (nSPS) is 40.4. The lowest BCUT2D eigenvalue weighted by Crippen LogP contribution is -2.55. The van der Waals surface area contributed by atoms with E-state index in [4.69, 9.17) is 0 Å². The Morgan fingerprint density at radius 3 is 2.52 bits per heavy atom. The van der Waals surface area contributed by atoms with Crippen LogP contribution >= 0.6 is 0 Å². The second kappa shape index (κ2) is 5.00. The molecule has 4 saturated carbocycles. The van der Waals surface area contributed by atoms with Crippen molar-refractivity contribution >= 4 is 0 Å². The first-order valence-electron chi connectivity index (χ1n) is 8.96. The van der Waals surface area contributed by atoms with E-state index >= 15 is 0 Å². The fraction of sp³-hybridized carbons (Fsp3) is 0.619. The van der Waals surface area contributed by atoms with Crippen molar-refractivity contribution in [2.45, 2.75) is 57.3 Å². The first-order chi connectivity index (χ1) is 10.3. The fourth-order valence-corrected chi connectivity index (χ4v) is 6.48. The average molecular weight is 280 g/mol. The highest BCUT2D eigenvalue weighted by Crippen LogP contribution is 2.64. The summed E-state index contributed by atoms with van der Waals surface area (Å²) >= 11 is 0. The van der Waals surface area contributed by atoms with Crippen molar-refractivity contribution in [2.75, 3.05) is 0 Å². The third kappa shape index (κ3) is 1.94. The van der Waals surface area contributed by atoms with Gasteiger partial charge >= 0.3 is 0 Å². The summed E-state index contributed by atoms with van der Waals surface area (Å²) in [5.74, 6) is 3.84. The van der Waals surface area contributed by atoms with Gasteiger partial charge < -0.3 is 0 Å². The third-order valence-electron chi connectivity index (χ3n) is 6.88. The quantitative estimate of drug-likeness (QED) is 0.637. The lowest BCUT2D eigenvalue weighted by molar-refractivity contribution is -0.0606. The van der Waals surface area contributed by atoms with E-state index in [1.165, 1.54) is 44.9 Å².